The summed E-state index contributed by atoms with van der Waals surface area (Å²) < 4.78 is 6.89. The third-order valence-corrected chi connectivity index (χ3v) is 6.51. The van der Waals surface area contributed by atoms with E-state index in [1.165, 1.54) is 0 Å². The number of rotatable bonds is 6. The van der Waals surface area contributed by atoms with Crippen LogP contribution in [0.1, 0.15) is 15.9 Å². The lowest BCUT2D eigenvalue weighted by atomic mass is 10.1. The van der Waals surface area contributed by atoms with Crippen LogP contribution in [0.2, 0.25) is 5.02 Å². The van der Waals surface area contributed by atoms with Crippen LogP contribution in [0.3, 0.4) is 0 Å². The van der Waals surface area contributed by atoms with Crippen LogP contribution in [0.15, 0.2) is 97.1 Å². The molecule has 0 aliphatic heterocycles. The molecule has 1 N–H and O–H groups in total. The molecule has 5 aromatic rings. The van der Waals surface area contributed by atoms with Crippen LogP contribution in [0.5, 0.6) is 5.75 Å². The van der Waals surface area contributed by atoms with Crippen molar-refractivity contribution < 1.29 is 9.53 Å². The van der Waals surface area contributed by atoms with E-state index in [-0.39, 0.29) is 5.91 Å². The summed E-state index contributed by atoms with van der Waals surface area (Å²) in [6.45, 7) is 0.478. The summed E-state index contributed by atoms with van der Waals surface area (Å²) in [5.74, 6) is 0.502. The zero-order valence-electron chi connectivity index (χ0n) is 17.5. The molecule has 0 aliphatic carbocycles. The van der Waals surface area contributed by atoms with Crippen LogP contribution in [0, 0.1) is 0 Å². The maximum Gasteiger partial charge on any atom is 0.255 e. The van der Waals surface area contributed by atoms with E-state index in [1.807, 2.05) is 60.7 Å². The second kappa shape index (κ2) is 9.45. The highest BCUT2D eigenvalue weighted by Crippen LogP contribution is 2.36. The number of ether oxygens (including phenoxy) is 1. The first-order chi connectivity index (χ1) is 16.2. The number of para-hydroxylation sites is 1. The average Bonchev–Trinajstić information content (AvgIpc) is 3.29. The second-order valence-corrected chi connectivity index (χ2v) is 8.87. The van der Waals surface area contributed by atoms with Gasteiger partial charge in [0, 0.05) is 16.8 Å². The molecule has 0 atom stereocenters. The highest BCUT2D eigenvalue weighted by Gasteiger charge is 2.13. The highest BCUT2D eigenvalue weighted by atomic mass is 35.5. The third-order valence-electron chi connectivity index (χ3n) is 5.11. The van der Waals surface area contributed by atoms with Gasteiger partial charge in [0.15, 0.2) is 0 Å². The summed E-state index contributed by atoms with van der Waals surface area (Å²) in [6, 6.07) is 30.4. The number of nitrogens with zero attached hydrogens (tertiary/aromatic N) is 1. The summed E-state index contributed by atoms with van der Waals surface area (Å²) in [6.07, 6.45) is 0. The predicted octanol–water partition coefficient (Wildman–Crippen LogP) is 7.45. The highest BCUT2D eigenvalue weighted by molar-refractivity contribution is 7.21. The van der Waals surface area contributed by atoms with Crippen molar-refractivity contribution in [1.82, 2.24) is 4.98 Å². The van der Waals surface area contributed by atoms with Gasteiger partial charge >= 0.3 is 0 Å². The van der Waals surface area contributed by atoms with Gasteiger partial charge in [-0.05, 0) is 60.2 Å². The fourth-order valence-corrected chi connectivity index (χ4v) is 4.66. The Balaban J connectivity index is 1.29. The van der Waals surface area contributed by atoms with Crippen LogP contribution < -0.4 is 10.1 Å². The number of aromatic nitrogens is 1. The predicted molar refractivity (Wildman–Crippen MR) is 135 cm³/mol. The van der Waals surface area contributed by atoms with Gasteiger partial charge < -0.3 is 10.1 Å². The average molecular weight is 471 g/mol. The number of thiazole rings is 1. The molecule has 0 bridgehead atoms. The van der Waals surface area contributed by atoms with Crippen LogP contribution >= 0.6 is 22.9 Å². The van der Waals surface area contributed by atoms with Gasteiger partial charge in [-0.2, -0.15) is 0 Å². The Morgan fingerprint density at radius 3 is 2.45 bits per heavy atom. The molecule has 0 unspecified atom stereocenters. The van der Waals surface area contributed by atoms with E-state index < -0.39 is 0 Å². The summed E-state index contributed by atoms with van der Waals surface area (Å²) in [4.78, 5) is 17.5. The lowest BCUT2D eigenvalue weighted by Crippen LogP contribution is -2.11. The normalized spacial score (nSPS) is 10.8. The van der Waals surface area contributed by atoms with Crippen molar-refractivity contribution >= 4 is 44.7 Å². The number of fused-ring (bicyclic) bond motifs is 1. The van der Waals surface area contributed by atoms with Crippen LogP contribution in [-0.2, 0) is 6.61 Å². The Morgan fingerprint density at radius 1 is 0.909 bits per heavy atom. The van der Waals surface area contributed by atoms with E-state index in [4.69, 9.17) is 16.3 Å². The lowest BCUT2D eigenvalue weighted by molar-refractivity contribution is 0.102. The fraction of sp³-hybridized carbons (Fsp3) is 0.0370. The summed E-state index contributed by atoms with van der Waals surface area (Å²) in [7, 11) is 0. The molecule has 33 heavy (non-hydrogen) atoms. The minimum absolute atomic E-state index is 0.206. The molecule has 6 heteroatoms. The molecule has 0 spiro atoms. The molecule has 1 aromatic heterocycles. The van der Waals surface area contributed by atoms with E-state index in [1.54, 1.807) is 47.7 Å². The maximum atomic E-state index is 12.8. The van der Waals surface area contributed by atoms with Crippen molar-refractivity contribution in [3.63, 3.8) is 0 Å². The number of carbonyl (C=O) groups excluding carboxylic acids is 1. The number of nitrogens with one attached hydrogen (secondary N) is 1. The van der Waals surface area contributed by atoms with Gasteiger partial charge in [-0.25, -0.2) is 4.98 Å². The molecule has 0 aliphatic rings. The second-order valence-electron chi connectivity index (χ2n) is 7.43. The van der Waals surface area contributed by atoms with Crippen molar-refractivity contribution in [3.05, 3.63) is 113 Å². The van der Waals surface area contributed by atoms with Gasteiger partial charge in [-0.15, -0.1) is 11.3 Å². The van der Waals surface area contributed by atoms with Crippen LogP contribution in [0.25, 0.3) is 20.8 Å². The van der Waals surface area contributed by atoms with E-state index in [0.29, 0.717) is 28.6 Å². The number of amides is 1. The lowest BCUT2D eigenvalue weighted by Gasteiger charge is -2.09. The van der Waals surface area contributed by atoms with E-state index in [9.17, 15) is 4.79 Å². The first-order valence-corrected chi connectivity index (χ1v) is 11.6. The Labute approximate surface area is 200 Å². The molecule has 4 aromatic carbocycles. The maximum absolute atomic E-state index is 12.8. The minimum Gasteiger partial charge on any atom is -0.489 e. The molecule has 0 radical (unpaired) electrons. The topological polar surface area (TPSA) is 51.2 Å². The van der Waals surface area contributed by atoms with Crippen molar-refractivity contribution in [2.45, 2.75) is 6.61 Å². The van der Waals surface area contributed by atoms with Gasteiger partial charge in [0.25, 0.3) is 5.91 Å². The first-order valence-electron chi connectivity index (χ1n) is 10.4. The van der Waals surface area contributed by atoms with E-state index in [2.05, 4.69) is 10.3 Å². The van der Waals surface area contributed by atoms with Gasteiger partial charge in [-0.1, -0.05) is 54.1 Å². The Bertz CT molecular complexity index is 1380. The Hall–Kier alpha value is -3.67. The molecule has 0 saturated carbocycles. The molecular formula is C27H19ClN2O2S. The van der Waals surface area contributed by atoms with E-state index in [0.717, 1.165) is 26.4 Å². The standard InChI is InChI=1S/C27H19ClN2O2S/c28-23-15-12-20(16-22(23)27-30-24-8-4-5-9-25(24)33-27)29-26(31)19-10-13-21(14-11-19)32-17-18-6-2-1-3-7-18/h1-16H,17H2,(H,29,31). The Morgan fingerprint density at radius 2 is 1.67 bits per heavy atom. The number of anilines is 1. The molecule has 1 amide bonds. The molecule has 5 rings (SSSR count). The molecule has 1 heterocycles. The molecular weight excluding hydrogens is 452 g/mol. The summed E-state index contributed by atoms with van der Waals surface area (Å²) >= 11 is 8.01. The van der Waals surface area contributed by atoms with Crippen LogP contribution in [0.4, 0.5) is 5.69 Å². The fourth-order valence-electron chi connectivity index (χ4n) is 3.40. The first kappa shape index (κ1) is 21.2. The van der Waals surface area contributed by atoms with Crippen molar-refractivity contribution in [2.24, 2.45) is 0 Å². The summed E-state index contributed by atoms with van der Waals surface area (Å²) in [5.41, 5.74) is 4.01. The van der Waals surface area contributed by atoms with Crippen molar-refractivity contribution in [3.8, 4) is 16.3 Å². The summed E-state index contributed by atoms with van der Waals surface area (Å²) in [5, 5.41) is 4.35. The quantitative estimate of drug-likeness (QED) is 0.280. The zero-order chi connectivity index (χ0) is 22.6. The Kier molecular flexibility index (Phi) is 6.07. The third kappa shape index (κ3) is 4.90. The van der Waals surface area contributed by atoms with Gasteiger partial charge in [0.2, 0.25) is 0 Å². The molecule has 4 nitrogen and oxygen atoms in total. The van der Waals surface area contributed by atoms with Crippen molar-refractivity contribution in [2.75, 3.05) is 5.32 Å². The van der Waals surface area contributed by atoms with Gasteiger partial charge in [-0.3, -0.25) is 4.79 Å². The number of hydrogen-bond donors (Lipinski definition) is 1. The largest absolute Gasteiger partial charge is 0.489 e. The van der Waals surface area contributed by atoms with Gasteiger partial charge in [0.1, 0.15) is 17.4 Å². The number of halogens is 1. The molecule has 0 saturated heterocycles. The zero-order valence-corrected chi connectivity index (χ0v) is 19.1. The van der Waals surface area contributed by atoms with Crippen molar-refractivity contribution in [1.29, 1.82) is 0 Å². The SMILES string of the molecule is O=C(Nc1ccc(Cl)c(-c2nc3ccccc3s2)c1)c1ccc(OCc2ccccc2)cc1. The van der Waals surface area contributed by atoms with Gasteiger partial charge in [0.05, 0.1) is 15.2 Å². The number of benzene rings is 4. The van der Waals surface area contributed by atoms with E-state index >= 15 is 0 Å². The molecule has 0 fully saturated rings. The number of hydrogen-bond acceptors (Lipinski definition) is 4. The minimum atomic E-state index is -0.206. The monoisotopic (exact) mass is 470 g/mol. The van der Waals surface area contributed by atoms with Crippen LogP contribution in [-0.4, -0.2) is 10.9 Å². The molecule has 162 valence electrons. The smallest absolute Gasteiger partial charge is 0.255 e. The number of carbonyl (C=O) groups is 1.